The lowest BCUT2D eigenvalue weighted by Gasteiger charge is -2.11. The van der Waals surface area contributed by atoms with E-state index in [4.69, 9.17) is 5.73 Å². The van der Waals surface area contributed by atoms with Crippen molar-refractivity contribution in [3.05, 3.63) is 35.9 Å². The Morgan fingerprint density at radius 3 is 2.63 bits per heavy atom. The van der Waals surface area contributed by atoms with Gasteiger partial charge in [0.15, 0.2) is 0 Å². The van der Waals surface area contributed by atoms with Crippen molar-refractivity contribution in [2.24, 2.45) is 0 Å². The number of hydrogen-bond acceptors (Lipinski definition) is 6. The molecule has 1 heterocycles. The molecule has 19 heavy (non-hydrogen) atoms. The molecule has 7 heteroatoms. The van der Waals surface area contributed by atoms with Crippen LogP contribution in [0.1, 0.15) is 5.82 Å². The van der Waals surface area contributed by atoms with Gasteiger partial charge in [-0.25, -0.2) is 4.39 Å². The van der Waals surface area contributed by atoms with Gasteiger partial charge in [-0.3, -0.25) is 0 Å². The van der Waals surface area contributed by atoms with Gasteiger partial charge in [0.25, 0.3) is 0 Å². The summed E-state index contributed by atoms with van der Waals surface area (Å²) in [7, 11) is 3.64. The summed E-state index contributed by atoms with van der Waals surface area (Å²) in [6, 6.07) is 6.59. The lowest BCUT2D eigenvalue weighted by Crippen LogP contribution is -2.15. The van der Waals surface area contributed by atoms with Crippen LogP contribution in [0, 0.1) is 5.82 Å². The summed E-state index contributed by atoms with van der Waals surface area (Å²) in [5, 5.41) is 0. The zero-order valence-corrected chi connectivity index (χ0v) is 11.5. The van der Waals surface area contributed by atoms with Crippen LogP contribution < -0.4 is 10.6 Å². The van der Waals surface area contributed by atoms with E-state index in [0.717, 1.165) is 0 Å². The van der Waals surface area contributed by atoms with Crippen LogP contribution in [-0.2, 0) is 5.75 Å². The minimum Gasteiger partial charge on any atom is -0.368 e. The van der Waals surface area contributed by atoms with Gasteiger partial charge in [-0.05, 0) is 12.1 Å². The molecule has 0 aliphatic carbocycles. The van der Waals surface area contributed by atoms with E-state index in [-0.39, 0.29) is 11.8 Å². The molecule has 5 nitrogen and oxygen atoms in total. The Labute approximate surface area is 115 Å². The maximum absolute atomic E-state index is 13.5. The Bertz CT molecular complexity index is 576. The molecule has 0 fully saturated rings. The van der Waals surface area contributed by atoms with Crippen molar-refractivity contribution >= 4 is 23.7 Å². The van der Waals surface area contributed by atoms with Gasteiger partial charge >= 0.3 is 0 Å². The van der Waals surface area contributed by atoms with Crippen molar-refractivity contribution in [1.82, 2.24) is 15.0 Å². The summed E-state index contributed by atoms with van der Waals surface area (Å²) in [6.45, 7) is 0. The van der Waals surface area contributed by atoms with E-state index in [9.17, 15) is 4.39 Å². The molecule has 0 unspecified atom stereocenters. The topological polar surface area (TPSA) is 67.9 Å². The van der Waals surface area contributed by atoms with Crippen LogP contribution in [0.4, 0.5) is 16.3 Å². The van der Waals surface area contributed by atoms with Crippen LogP contribution in [0.15, 0.2) is 29.2 Å². The summed E-state index contributed by atoms with van der Waals surface area (Å²) < 4.78 is 13.5. The van der Waals surface area contributed by atoms with Gasteiger partial charge in [0, 0.05) is 19.0 Å². The summed E-state index contributed by atoms with van der Waals surface area (Å²) in [4.78, 5) is 14.6. The molecule has 2 rings (SSSR count). The highest BCUT2D eigenvalue weighted by Crippen LogP contribution is 2.24. The van der Waals surface area contributed by atoms with Crippen LogP contribution in [-0.4, -0.2) is 29.0 Å². The summed E-state index contributed by atoms with van der Waals surface area (Å²) >= 11 is 1.33. The predicted octanol–water partition coefficient (Wildman–Crippen LogP) is 1.95. The second kappa shape index (κ2) is 5.83. The normalized spacial score (nSPS) is 10.5. The number of halogens is 1. The van der Waals surface area contributed by atoms with Gasteiger partial charge in [0.05, 0.1) is 5.75 Å². The third-order valence-corrected chi connectivity index (χ3v) is 3.33. The molecule has 1 aromatic heterocycles. The number of thioether (sulfide) groups is 1. The molecule has 0 aliphatic heterocycles. The lowest BCUT2D eigenvalue weighted by atomic mass is 10.3. The van der Waals surface area contributed by atoms with E-state index in [1.54, 1.807) is 23.1 Å². The van der Waals surface area contributed by atoms with Crippen LogP contribution in [0.3, 0.4) is 0 Å². The monoisotopic (exact) mass is 279 g/mol. The number of benzene rings is 1. The first-order valence-corrected chi connectivity index (χ1v) is 6.60. The molecule has 0 radical (unpaired) electrons. The second-order valence-electron chi connectivity index (χ2n) is 4.02. The SMILES string of the molecule is CN(C)c1nc(N)nc(CSc2ccccc2F)n1. The number of nitrogens with two attached hydrogens (primary N) is 1. The predicted molar refractivity (Wildman–Crippen MR) is 74.5 cm³/mol. The Kier molecular flexibility index (Phi) is 4.16. The maximum Gasteiger partial charge on any atom is 0.229 e. The quantitative estimate of drug-likeness (QED) is 0.863. The van der Waals surface area contributed by atoms with Gasteiger partial charge in [-0.1, -0.05) is 12.1 Å². The van der Waals surface area contributed by atoms with Crippen LogP contribution in [0.25, 0.3) is 0 Å². The molecule has 1 aromatic carbocycles. The number of nitrogen functional groups attached to an aromatic ring is 1. The van der Waals surface area contributed by atoms with Crippen LogP contribution >= 0.6 is 11.8 Å². The number of aromatic nitrogens is 3. The highest BCUT2D eigenvalue weighted by Gasteiger charge is 2.08. The van der Waals surface area contributed by atoms with E-state index in [0.29, 0.717) is 22.4 Å². The average molecular weight is 279 g/mol. The summed E-state index contributed by atoms with van der Waals surface area (Å²) in [5.41, 5.74) is 5.62. The van der Waals surface area contributed by atoms with Crippen molar-refractivity contribution in [2.75, 3.05) is 24.7 Å². The molecule has 0 aliphatic rings. The number of nitrogens with zero attached hydrogens (tertiary/aromatic N) is 4. The summed E-state index contributed by atoms with van der Waals surface area (Å²) in [5.74, 6) is 1.39. The van der Waals surface area contributed by atoms with Crippen molar-refractivity contribution in [1.29, 1.82) is 0 Å². The van der Waals surface area contributed by atoms with E-state index < -0.39 is 0 Å². The zero-order chi connectivity index (χ0) is 13.8. The molecule has 0 atom stereocenters. The van der Waals surface area contributed by atoms with E-state index in [2.05, 4.69) is 15.0 Å². The smallest absolute Gasteiger partial charge is 0.229 e. The van der Waals surface area contributed by atoms with Crippen LogP contribution in [0.2, 0.25) is 0 Å². The van der Waals surface area contributed by atoms with Gasteiger partial charge in [-0.2, -0.15) is 15.0 Å². The molecular weight excluding hydrogens is 265 g/mol. The number of rotatable bonds is 4. The minimum atomic E-state index is -0.248. The fourth-order valence-electron chi connectivity index (χ4n) is 1.39. The largest absolute Gasteiger partial charge is 0.368 e. The number of anilines is 2. The second-order valence-corrected chi connectivity index (χ2v) is 5.04. The fourth-order valence-corrected chi connectivity index (χ4v) is 2.19. The molecule has 2 N–H and O–H groups in total. The Balaban J connectivity index is 2.14. The van der Waals surface area contributed by atoms with Gasteiger partial charge in [-0.15, -0.1) is 11.8 Å². The Morgan fingerprint density at radius 1 is 1.21 bits per heavy atom. The van der Waals surface area contributed by atoms with E-state index in [1.807, 2.05) is 14.1 Å². The first-order valence-electron chi connectivity index (χ1n) is 5.61. The maximum atomic E-state index is 13.5. The standard InChI is InChI=1S/C12H14FN5S/c1-18(2)12-16-10(15-11(14)17-12)7-19-9-6-4-3-5-8(9)13/h3-6H,7H2,1-2H3,(H2,14,15,16,17). The van der Waals surface area contributed by atoms with Crippen molar-refractivity contribution < 1.29 is 4.39 Å². The Hall–Kier alpha value is -1.89. The van der Waals surface area contributed by atoms with Crippen molar-refractivity contribution in [2.45, 2.75) is 10.6 Å². The Morgan fingerprint density at radius 2 is 1.95 bits per heavy atom. The zero-order valence-electron chi connectivity index (χ0n) is 10.7. The van der Waals surface area contributed by atoms with Gasteiger partial charge in [0.2, 0.25) is 11.9 Å². The van der Waals surface area contributed by atoms with E-state index in [1.165, 1.54) is 17.8 Å². The third kappa shape index (κ3) is 3.54. The molecular formula is C12H14FN5S. The third-order valence-electron chi connectivity index (χ3n) is 2.28. The van der Waals surface area contributed by atoms with E-state index >= 15 is 0 Å². The fraction of sp³-hybridized carbons (Fsp3) is 0.250. The molecule has 100 valence electrons. The highest BCUT2D eigenvalue weighted by atomic mass is 32.2. The highest BCUT2D eigenvalue weighted by molar-refractivity contribution is 7.98. The minimum absolute atomic E-state index is 0.169. The molecule has 2 aromatic rings. The molecule has 0 saturated carbocycles. The first-order chi connectivity index (χ1) is 9.06. The van der Waals surface area contributed by atoms with Gasteiger partial charge in [0.1, 0.15) is 11.6 Å². The van der Waals surface area contributed by atoms with Gasteiger partial charge < -0.3 is 10.6 Å². The molecule has 0 amide bonds. The molecule has 0 spiro atoms. The molecule has 0 saturated heterocycles. The van der Waals surface area contributed by atoms with Crippen molar-refractivity contribution in [3.8, 4) is 0 Å². The first kappa shape index (κ1) is 13.5. The average Bonchev–Trinajstić information content (AvgIpc) is 2.37. The lowest BCUT2D eigenvalue weighted by molar-refractivity contribution is 0.602. The number of hydrogen-bond donors (Lipinski definition) is 1. The molecule has 0 bridgehead atoms. The van der Waals surface area contributed by atoms with Crippen LogP contribution in [0.5, 0.6) is 0 Å². The van der Waals surface area contributed by atoms with Crippen molar-refractivity contribution in [3.63, 3.8) is 0 Å². The summed E-state index contributed by atoms with van der Waals surface area (Å²) in [6.07, 6.45) is 0.